The van der Waals surface area contributed by atoms with E-state index in [0.717, 1.165) is 19.6 Å². The lowest BCUT2D eigenvalue weighted by molar-refractivity contribution is 0.312. The summed E-state index contributed by atoms with van der Waals surface area (Å²) in [5.74, 6) is 1.12. The van der Waals surface area contributed by atoms with Gasteiger partial charge in [0.05, 0.1) is 6.61 Å². The van der Waals surface area contributed by atoms with Crippen molar-refractivity contribution in [1.82, 2.24) is 19.9 Å². The van der Waals surface area contributed by atoms with Gasteiger partial charge in [0.15, 0.2) is 0 Å². The quantitative estimate of drug-likeness (QED) is 0.741. The summed E-state index contributed by atoms with van der Waals surface area (Å²) >= 11 is 0. The molecule has 1 aliphatic heterocycles. The Hall–Kier alpha value is -1.63. The third-order valence-corrected chi connectivity index (χ3v) is 3.13. The van der Waals surface area contributed by atoms with Crippen LogP contribution in [-0.4, -0.2) is 59.2 Å². The lowest BCUT2D eigenvalue weighted by atomic mass is 10.4. The van der Waals surface area contributed by atoms with E-state index < -0.39 is 0 Å². The van der Waals surface area contributed by atoms with E-state index in [9.17, 15) is 0 Å². The van der Waals surface area contributed by atoms with Crippen LogP contribution in [0.3, 0.4) is 0 Å². The molecule has 1 aromatic heterocycles. The number of hydrogen-bond acceptors (Lipinski definition) is 7. The van der Waals surface area contributed by atoms with E-state index in [0.29, 0.717) is 24.5 Å². The second kappa shape index (κ2) is 7.84. The minimum Gasteiger partial charge on any atom is -0.464 e. The lowest BCUT2D eigenvalue weighted by Gasteiger charge is -2.15. The molecule has 1 aromatic rings. The largest absolute Gasteiger partial charge is 0.464 e. The van der Waals surface area contributed by atoms with E-state index in [1.54, 1.807) is 0 Å². The Morgan fingerprint density at radius 3 is 2.40 bits per heavy atom. The fraction of sp³-hybridized carbons (Fsp3) is 0.769. The van der Waals surface area contributed by atoms with Crippen molar-refractivity contribution in [2.75, 3.05) is 50.0 Å². The molecule has 0 radical (unpaired) electrons. The average molecular weight is 280 g/mol. The molecule has 0 aromatic carbocycles. The zero-order valence-electron chi connectivity index (χ0n) is 12.4. The normalized spacial score (nSPS) is 15.3. The number of likely N-dealkylation sites (tertiary alicyclic amines) is 1. The number of ether oxygens (including phenoxy) is 1. The van der Waals surface area contributed by atoms with E-state index in [4.69, 9.17) is 4.74 Å². The Bertz CT molecular complexity index is 384. The molecule has 0 aliphatic carbocycles. The standard InChI is InChI=1S/C13H24N6O/c1-3-14-11-16-12(18-13(17-11)20-4-2)15-7-10-19-8-5-6-9-19/h3-10H2,1-2H3,(H2,14,15,16,17,18). The Labute approximate surface area is 120 Å². The summed E-state index contributed by atoms with van der Waals surface area (Å²) in [7, 11) is 0. The van der Waals surface area contributed by atoms with Gasteiger partial charge in [-0.2, -0.15) is 15.0 Å². The van der Waals surface area contributed by atoms with Gasteiger partial charge in [0.1, 0.15) is 0 Å². The van der Waals surface area contributed by atoms with Crippen LogP contribution in [0.15, 0.2) is 0 Å². The molecule has 0 unspecified atom stereocenters. The van der Waals surface area contributed by atoms with E-state index >= 15 is 0 Å². The summed E-state index contributed by atoms with van der Waals surface area (Å²) in [6.07, 6.45) is 2.62. The van der Waals surface area contributed by atoms with Crippen molar-refractivity contribution in [3.8, 4) is 6.01 Å². The first-order valence-corrected chi connectivity index (χ1v) is 7.40. The van der Waals surface area contributed by atoms with Crippen molar-refractivity contribution in [1.29, 1.82) is 0 Å². The van der Waals surface area contributed by atoms with Gasteiger partial charge < -0.3 is 20.3 Å². The minimum absolute atomic E-state index is 0.363. The highest BCUT2D eigenvalue weighted by Crippen LogP contribution is 2.11. The van der Waals surface area contributed by atoms with Crippen LogP contribution in [0.2, 0.25) is 0 Å². The van der Waals surface area contributed by atoms with Crippen LogP contribution in [0.25, 0.3) is 0 Å². The van der Waals surface area contributed by atoms with E-state index in [1.807, 2.05) is 13.8 Å². The van der Waals surface area contributed by atoms with Crippen LogP contribution in [0, 0.1) is 0 Å². The van der Waals surface area contributed by atoms with Gasteiger partial charge in [-0.3, -0.25) is 0 Å². The molecular formula is C13H24N6O. The van der Waals surface area contributed by atoms with E-state index in [1.165, 1.54) is 25.9 Å². The van der Waals surface area contributed by atoms with Crippen LogP contribution in [0.5, 0.6) is 6.01 Å². The maximum absolute atomic E-state index is 5.36. The number of nitrogens with one attached hydrogen (secondary N) is 2. The molecule has 1 saturated heterocycles. The first kappa shape index (κ1) is 14.8. The topological polar surface area (TPSA) is 75.2 Å². The highest BCUT2D eigenvalue weighted by atomic mass is 16.5. The predicted molar refractivity (Wildman–Crippen MR) is 79.3 cm³/mol. The second-order valence-electron chi connectivity index (χ2n) is 4.70. The summed E-state index contributed by atoms with van der Waals surface area (Å²) in [5, 5.41) is 6.33. The lowest BCUT2D eigenvalue weighted by Crippen LogP contribution is -2.26. The van der Waals surface area contributed by atoms with Crippen LogP contribution < -0.4 is 15.4 Å². The molecule has 1 aliphatic rings. The number of nitrogens with zero attached hydrogens (tertiary/aromatic N) is 4. The van der Waals surface area contributed by atoms with Gasteiger partial charge in [0.2, 0.25) is 11.9 Å². The summed E-state index contributed by atoms with van der Waals surface area (Å²) in [5.41, 5.74) is 0. The molecule has 2 heterocycles. The maximum Gasteiger partial charge on any atom is 0.323 e. The molecule has 0 spiro atoms. The molecule has 0 saturated carbocycles. The van der Waals surface area contributed by atoms with Crippen molar-refractivity contribution in [3.63, 3.8) is 0 Å². The molecule has 0 bridgehead atoms. The molecule has 20 heavy (non-hydrogen) atoms. The highest BCUT2D eigenvalue weighted by Gasteiger charge is 2.11. The molecular weight excluding hydrogens is 256 g/mol. The Kier molecular flexibility index (Phi) is 5.79. The third kappa shape index (κ3) is 4.48. The van der Waals surface area contributed by atoms with Crippen molar-refractivity contribution in [2.24, 2.45) is 0 Å². The summed E-state index contributed by atoms with van der Waals surface area (Å²) in [6, 6.07) is 0.363. The van der Waals surface area contributed by atoms with Crippen LogP contribution in [0.4, 0.5) is 11.9 Å². The van der Waals surface area contributed by atoms with E-state index in [2.05, 4.69) is 30.5 Å². The Morgan fingerprint density at radius 1 is 1.05 bits per heavy atom. The maximum atomic E-state index is 5.36. The average Bonchev–Trinajstić information content (AvgIpc) is 2.92. The van der Waals surface area contributed by atoms with Gasteiger partial charge in [-0.15, -0.1) is 0 Å². The molecule has 7 nitrogen and oxygen atoms in total. The molecule has 112 valence electrons. The van der Waals surface area contributed by atoms with Gasteiger partial charge in [-0.05, 0) is 39.8 Å². The summed E-state index contributed by atoms with van der Waals surface area (Å²) < 4.78 is 5.36. The zero-order valence-corrected chi connectivity index (χ0v) is 12.4. The smallest absolute Gasteiger partial charge is 0.323 e. The number of anilines is 2. The Balaban J connectivity index is 1.90. The van der Waals surface area contributed by atoms with Gasteiger partial charge in [-0.25, -0.2) is 0 Å². The van der Waals surface area contributed by atoms with Crippen molar-refractivity contribution < 1.29 is 4.74 Å². The summed E-state index contributed by atoms with van der Waals surface area (Å²) in [6.45, 7) is 9.48. The number of hydrogen-bond donors (Lipinski definition) is 2. The first-order valence-electron chi connectivity index (χ1n) is 7.40. The third-order valence-electron chi connectivity index (χ3n) is 3.13. The molecule has 2 N–H and O–H groups in total. The minimum atomic E-state index is 0.363. The van der Waals surface area contributed by atoms with Crippen LogP contribution >= 0.6 is 0 Å². The van der Waals surface area contributed by atoms with E-state index in [-0.39, 0.29) is 0 Å². The fourth-order valence-corrected chi connectivity index (χ4v) is 2.20. The molecule has 2 rings (SSSR count). The zero-order chi connectivity index (χ0) is 14.2. The second-order valence-corrected chi connectivity index (χ2v) is 4.70. The molecule has 0 atom stereocenters. The highest BCUT2D eigenvalue weighted by molar-refractivity contribution is 5.35. The van der Waals surface area contributed by atoms with Crippen molar-refractivity contribution in [2.45, 2.75) is 26.7 Å². The SMILES string of the molecule is CCNc1nc(NCCN2CCCC2)nc(OCC)n1. The van der Waals surface area contributed by atoms with Gasteiger partial charge in [0.25, 0.3) is 0 Å². The van der Waals surface area contributed by atoms with Gasteiger partial charge in [-0.1, -0.05) is 0 Å². The Morgan fingerprint density at radius 2 is 1.75 bits per heavy atom. The molecule has 7 heteroatoms. The van der Waals surface area contributed by atoms with Crippen LogP contribution in [0.1, 0.15) is 26.7 Å². The molecule has 0 amide bonds. The van der Waals surface area contributed by atoms with Gasteiger partial charge in [0, 0.05) is 19.6 Å². The molecule has 1 fully saturated rings. The fourth-order valence-electron chi connectivity index (χ4n) is 2.20. The van der Waals surface area contributed by atoms with Crippen LogP contribution in [-0.2, 0) is 0 Å². The predicted octanol–water partition coefficient (Wildman–Crippen LogP) is 1.21. The summed E-state index contributed by atoms with van der Waals surface area (Å²) in [4.78, 5) is 15.2. The van der Waals surface area contributed by atoms with Crippen molar-refractivity contribution in [3.05, 3.63) is 0 Å². The van der Waals surface area contributed by atoms with Crippen molar-refractivity contribution >= 4 is 11.9 Å². The number of rotatable bonds is 8. The first-order chi connectivity index (χ1) is 9.81. The number of aromatic nitrogens is 3. The van der Waals surface area contributed by atoms with Gasteiger partial charge >= 0.3 is 6.01 Å². The monoisotopic (exact) mass is 280 g/mol.